The lowest BCUT2D eigenvalue weighted by Gasteiger charge is -2.34. The minimum atomic E-state index is -1.37. The molecule has 4 heterocycles. The number of likely N-dealkylation sites (tertiary alicyclic amines) is 1. The standard InChI is InChI=1S/C21H25N9O3/c1-21(33)6-12(31)7-29(19(32)11-3-4-14-13(5-11)24-9-28(14)2)8-15(21)30-10-25-16-17(22)26-20(23)27-18(16)30/h3-5,9-10,12,15,31,33H,6-8H2,1-2H3,(H4,22,23,26,27)/t12-,15+,21+/m0/s1. The fourth-order valence-electron chi connectivity index (χ4n) is 4.60. The summed E-state index contributed by atoms with van der Waals surface area (Å²) >= 11 is 0. The first-order valence-corrected chi connectivity index (χ1v) is 10.5. The van der Waals surface area contributed by atoms with E-state index in [1.807, 2.05) is 17.7 Å². The third-order valence-corrected chi connectivity index (χ3v) is 6.25. The van der Waals surface area contributed by atoms with Gasteiger partial charge in [0.15, 0.2) is 11.5 Å². The molecule has 1 amide bonds. The second-order valence-corrected chi connectivity index (χ2v) is 8.79. The molecule has 1 aliphatic rings. The summed E-state index contributed by atoms with van der Waals surface area (Å²) in [5.74, 6) is -0.171. The maximum Gasteiger partial charge on any atom is 0.254 e. The normalized spacial score (nSPS) is 23.8. The minimum Gasteiger partial charge on any atom is -0.391 e. The SMILES string of the molecule is Cn1cnc2cc(C(=O)N3C[C@@H](O)C[C@@](C)(O)[C@H](n4cnc5c(N)nc(N)nc54)C3)ccc21. The van der Waals surface area contributed by atoms with Crippen LogP contribution in [0.15, 0.2) is 30.9 Å². The summed E-state index contributed by atoms with van der Waals surface area (Å²) in [4.78, 5) is 31.8. The Labute approximate surface area is 188 Å². The van der Waals surface area contributed by atoms with E-state index in [1.165, 1.54) is 11.2 Å². The largest absolute Gasteiger partial charge is 0.391 e. The van der Waals surface area contributed by atoms with Crippen LogP contribution in [0.3, 0.4) is 0 Å². The van der Waals surface area contributed by atoms with Crippen LogP contribution < -0.4 is 11.5 Å². The number of benzene rings is 1. The molecule has 0 bridgehead atoms. The summed E-state index contributed by atoms with van der Waals surface area (Å²) in [5.41, 5.74) is 13.1. The van der Waals surface area contributed by atoms with Crippen molar-refractivity contribution < 1.29 is 15.0 Å². The number of aliphatic hydroxyl groups excluding tert-OH is 1. The van der Waals surface area contributed by atoms with Gasteiger partial charge in [0.25, 0.3) is 5.91 Å². The van der Waals surface area contributed by atoms with Gasteiger partial charge in [-0.1, -0.05) is 0 Å². The second kappa shape index (κ2) is 7.39. The van der Waals surface area contributed by atoms with Gasteiger partial charge in [-0.25, -0.2) is 9.97 Å². The first-order chi connectivity index (χ1) is 15.6. The zero-order chi connectivity index (χ0) is 23.5. The smallest absolute Gasteiger partial charge is 0.254 e. The van der Waals surface area contributed by atoms with Crippen LogP contribution >= 0.6 is 0 Å². The van der Waals surface area contributed by atoms with Crippen molar-refractivity contribution in [2.45, 2.75) is 31.1 Å². The number of nitrogen functional groups attached to an aromatic ring is 2. The first-order valence-electron chi connectivity index (χ1n) is 10.5. The number of amides is 1. The maximum atomic E-state index is 13.5. The summed E-state index contributed by atoms with van der Waals surface area (Å²) in [6, 6.07) is 4.63. The van der Waals surface area contributed by atoms with Gasteiger partial charge >= 0.3 is 0 Å². The third kappa shape index (κ3) is 3.52. The van der Waals surface area contributed by atoms with Gasteiger partial charge in [-0.3, -0.25) is 4.79 Å². The highest BCUT2D eigenvalue weighted by Gasteiger charge is 2.42. The molecular weight excluding hydrogens is 426 g/mol. The van der Waals surface area contributed by atoms with E-state index in [2.05, 4.69) is 19.9 Å². The molecule has 0 radical (unpaired) electrons. The summed E-state index contributed by atoms with van der Waals surface area (Å²) in [5, 5.41) is 21.9. The fourth-order valence-corrected chi connectivity index (χ4v) is 4.60. The zero-order valence-electron chi connectivity index (χ0n) is 18.3. The maximum absolute atomic E-state index is 13.5. The highest BCUT2D eigenvalue weighted by Crippen LogP contribution is 2.34. The summed E-state index contributed by atoms with van der Waals surface area (Å²) in [6.07, 6.45) is 2.31. The van der Waals surface area contributed by atoms with E-state index < -0.39 is 17.7 Å². The molecule has 12 nitrogen and oxygen atoms in total. The zero-order valence-corrected chi connectivity index (χ0v) is 18.3. The molecule has 0 unspecified atom stereocenters. The quantitative estimate of drug-likeness (QED) is 0.329. The molecule has 0 spiro atoms. The molecule has 172 valence electrons. The van der Waals surface area contributed by atoms with Crippen LogP contribution in [0.4, 0.5) is 11.8 Å². The van der Waals surface area contributed by atoms with Crippen LogP contribution in [-0.4, -0.2) is 74.9 Å². The number of aromatic nitrogens is 6. The number of carbonyl (C=O) groups is 1. The van der Waals surface area contributed by atoms with Crippen LogP contribution in [0, 0.1) is 0 Å². The molecule has 5 rings (SSSR count). The topological polar surface area (TPSA) is 174 Å². The van der Waals surface area contributed by atoms with E-state index in [1.54, 1.807) is 30.0 Å². The molecule has 0 saturated carbocycles. The molecule has 3 atom stereocenters. The lowest BCUT2D eigenvalue weighted by atomic mass is 9.91. The van der Waals surface area contributed by atoms with Gasteiger partial charge in [0, 0.05) is 32.1 Å². The number of hydrogen-bond donors (Lipinski definition) is 4. The van der Waals surface area contributed by atoms with Crippen LogP contribution in [0.2, 0.25) is 0 Å². The van der Waals surface area contributed by atoms with Gasteiger partial charge in [0.2, 0.25) is 5.95 Å². The lowest BCUT2D eigenvalue weighted by molar-refractivity contribution is -0.0217. The molecule has 1 aromatic carbocycles. The lowest BCUT2D eigenvalue weighted by Crippen LogP contribution is -2.42. The molecule has 12 heteroatoms. The van der Waals surface area contributed by atoms with E-state index in [0.29, 0.717) is 22.2 Å². The number of anilines is 2. The number of hydrogen-bond acceptors (Lipinski definition) is 9. The Morgan fingerprint density at radius 3 is 2.76 bits per heavy atom. The van der Waals surface area contributed by atoms with Crippen LogP contribution in [0.5, 0.6) is 0 Å². The second-order valence-electron chi connectivity index (χ2n) is 8.79. The van der Waals surface area contributed by atoms with Gasteiger partial charge < -0.3 is 35.7 Å². The number of nitrogens with zero attached hydrogens (tertiary/aromatic N) is 7. The van der Waals surface area contributed by atoms with Crippen molar-refractivity contribution in [3.8, 4) is 0 Å². The van der Waals surface area contributed by atoms with E-state index in [-0.39, 0.29) is 37.2 Å². The Hall–Kier alpha value is -3.77. The van der Waals surface area contributed by atoms with Gasteiger partial charge in [0.05, 0.1) is 41.4 Å². The molecule has 4 aromatic rings. The highest BCUT2D eigenvalue weighted by molar-refractivity contribution is 5.97. The van der Waals surface area contributed by atoms with E-state index in [4.69, 9.17) is 11.5 Å². The van der Waals surface area contributed by atoms with Crippen molar-refractivity contribution in [3.05, 3.63) is 36.4 Å². The van der Waals surface area contributed by atoms with Crippen molar-refractivity contribution >= 4 is 39.9 Å². The number of imidazole rings is 2. The Balaban J connectivity index is 1.55. The van der Waals surface area contributed by atoms with Gasteiger partial charge in [-0.2, -0.15) is 9.97 Å². The number of β-amino-alcohol motifs (C(OH)–C–C–N with tert-alkyl or cyclic N) is 1. The number of nitrogens with two attached hydrogens (primary N) is 2. The molecule has 33 heavy (non-hydrogen) atoms. The number of rotatable bonds is 2. The molecule has 0 aliphatic carbocycles. The predicted molar refractivity (Wildman–Crippen MR) is 121 cm³/mol. The van der Waals surface area contributed by atoms with Crippen molar-refractivity contribution in [2.75, 3.05) is 24.6 Å². The summed E-state index contributed by atoms with van der Waals surface area (Å²) < 4.78 is 3.51. The molecule has 1 fully saturated rings. The van der Waals surface area contributed by atoms with Gasteiger partial charge in [-0.15, -0.1) is 0 Å². The molecule has 3 aromatic heterocycles. The van der Waals surface area contributed by atoms with Crippen LogP contribution in [-0.2, 0) is 7.05 Å². The molecule has 6 N–H and O–H groups in total. The first kappa shape index (κ1) is 21.1. The van der Waals surface area contributed by atoms with Crippen LogP contribution in [0.1, 0.15) is 29.7 Å². The molecule has 1 aliphatic heterocycles. The fraction of sp³-hybridized carbons (Fsp3) is 0.381. The van der Waals surface area contributed by atoms with Crippen molar-refractivity contribution in [3.63, 3.8) is 0 Å². The average molecular weight is 451 g/mol. The Bertz CT molecular complexity index is 1380. The number of carbonyl (C=O) groups excluding carboxylic acids is 1. The Morgan fingerprint density at radius 2 is 1.97 bits per heavy atom. The van der Waals surface area contributed by atoms with Gasteiger partial charge in [0.1, 0.15) is 5.52 Å². The predicted octanol–water partition coefficient (Wildman–Crippen LogP) is 0.0765. The van der Waals surface area contributed by atoms with Crippen molar-refractivity contribution in [2.24, 2.45) is 7.05 Å². The minimum absolute atomic E-state index is 0.0216. The summed E-state index contributed by atoms with van der Waals surface area (Å²) in [6.45, 7) is 1.80. The van der Waals surface area contributed by atoms with E-state index >= 15 is 0 Å². The monoisotopic (exact) mass is 451 g/mol. The number of aliphatic hydroxyl groups is 2. The third-order valence-electron chi connectivity index (χ3n) is 6.25. The van der Waals surface area contributed by atoms with Gasteiger partial charge in [-0.05, 0) is 25.1 Å². The molecular formula is C21H25N9O3. The van der Waals surface area contributed by atoms with Crippen LogP contribution in [0.25, 0.3) is 22.2 Å². The number of fused-ring (bicyclic) bond motifs is 2. The highest BCUT2D eigenvalue weighted by atomic mass is 16.3. The number of aryl methyl sites for hydroxylation is 1. The Kier molecular flexibility index (Phi) is 4.72. The van der Waals surface area contributed by atoms with Crippen molar-refractivity contribution in [1.29, 1.82) is 0 Å². The van der Waals surface area contributed by atoms with E-state index in [9.17, 15) is 15.0 Å². The summed E-state index contributed by atoms with van der Waals surface area (Å²) in [7, 11) is 1.88. The van der Waals surface area contributed by atoms with Crippen molar-refractivity contribution in [1.82, 2.24) is 34.0 Å². The molecule has 1 saturated heterocycles. The average Bonchev–Trinajstić information content (AvgIpc) is 3.30. The Morgan fingerprint density at radius 1 is 1.18 bits per heavy atom. The van der Waals surface area contributed by atoms with E-state index in [0.717, 1.165) is 5.52 Å².